The highest BCUT2D eigenvalue weighted by atomic mass is 32.2. The van der Waals surface area contributed by atoms with Gasteiger partial charge in [0, 0.05) is 87.6 Å². The molecule has 0 spiro atoms. The van der Waals surface area contributed by atoms with Crippen molar-refractivity contribution in [3.63, 3.8) is 0 Å². The quantitative estimate of drug-likeness (QED) is 0.0528. The second-order valence-corrected chi connectivity index (χ2v) is 21.8. The molecule has 3 aromatic rings. The lowest BCUT2D eigenvalue weighted by Gasteiger charge is -2.29. The third-order valence-corrected chi connectivity index (χ3v) is 15.0. The molecule has 1 aromatic heterocycles. The van der Waals surface area contributed by atoms with Crippen molar-refractivity contribution >= 4 is 59.2 Å². The maximum atomic E-state index is 13.8. The minimum Gasteiger partial charge on any atom is -0.493 e. The van der Waals surface area contributed by atoms with E-state index in [2.05, 4.69) is 41.5 Å². The first-order chi connectivity index (χ1) is 38.7. The van der Waals surface area contributed by atoms with Gasteiger partial charge in [-0.2, -0.15) is 0 Å². The van der Waals surface area contributed by atoms with Crippen LogP contribution in [0.25, 0.3) is 0 Å². The van der Waals surface area contributed by atoms with Gasteiger partial charge in [0.05, 0.1) is 119 Å². The number of nitrogens with one attached hydrogen (secondary N) is 2. The Kier molecular flexibility index (Phi) is 23.1. The molecule has 80 heavy (non-hydrogen) atoms. The fraction of sp³-hybridized carbons (Fsp3) is 0.534. The Labute approximate surface area is 473 Å². The molecule has 2 N–H and O–H groups in total. The second kappa shape index (κ2) is 30.3. The molecule has 2 aromatic carbocycles. The first kappa shape index (κ1) is 61.1. The van der Waals surface area contributed by atoms with Crippen molar-refractivity contribution in [1.29, 1.82) is 0 Å². The van der Waals surface area contributed by atoms with Crippen molar-refractivity contribution in [2.45, 2.75) is 77.0 Å². The number of aliphatic imine (C=N–C) groups is 2. The van der Waals surface area contributed by atoms with Crippen LogP contribution >= 0.6 is 11.8 Å². The van der Waals surface area contributed by atoms with Crippen molar-refractivity contribution < 1.29 is 61.8 Å². The van der Waals surface area contributed by atoms with Gasteiger partial charge in [0.15, 0.2) is 23.0 Å². The van der Waals surface area contributed by atoms with E-state index < -0.39 is 0 Å². The highest BCUT2D eigenvalue weighted by Crippen LogP contribution is 2.41. The fourth-order valence-corrected chi connectivity index (χ4v) is 10.3. The van der Waals surface area contributed by atoms with E-state index in [4.69, 9.17) is 57.6 Å². The molecule has 4 aliphatic heterocycles. The SMILES string of the molecule is C/C=C1\C[C@H]2C=Nc3cc(OCc4cc(OCCN(C)CC(C)(C)SCC(=O)NCCOCCOCCOCCOCCC(=O)NC)cc(COc5cc6c(cc5OC)C(=O)N5C/C(=C/C)C[C@H]5C=N6)n4)c(OC)cc3C(=O)N2C1. The average molecular weight is 1130 g/mol. The van der Waals surface area contributed by atoms with Crippen molar-refractivity contribution in [3.05, 3.63) is 82.2 Å². The summed E-state index contributed by atoms with van der Waals surface area (Å²) in [5.41, 5.74) is 5.34. The number of amides is 4. The van der Waals surface area contributed by atoms with E-state index in [9.17, 15) is 19.2 Å². The van der Waals surface area contributed by atoms with Gasteiger partial charge in [0.2, 0.25) is 11.8 Å². The number of benzene rings is 2. The van der Waals surface area contributed by atoms with Crippen LogP contribution in [0.4, 0.5) is 11.4 Å². The van der Waals surface area contributed by atoms with Gasteiger partial charge in [-0.05, 0) is 59.7 Å². The minimum absolute atomic E-state index is 0.0160. The van der Waals surface area contributed by atoms with Gasteiger partial charge >= 0.3 is 0 Å². The van der Waals surface area contributed by atoms with Gasteiger partial charge in [-0.3, -0.25) is 34.1 Å². The first-order valence-electron chi connectivity index (χ1n) is 27.1. The number of hydrogen-bond donors (Lipinski definition) is 2. The Morgan fingerprint density at radius 1 is 0.688 bits per heavy atom. The number of fused-ring (bicyclic) bond motifs is 4. The number of thioether (sulfide) groups is 1. The number of ether oxygens (including phenoxy) is 9. The number of rotatable bonds is 32. The Morgan fingerprint density at radius 2 is 1.19 bits per heavy atom. The molecule has 0 radical (unpaired) electrons. The average Bonchev–Trinajstić information content (AvgIpc) is 4.07. The summed E-state index contributed by atoms with van der Waals surface area (Å²) >= 11 is 1.57. The molecule has 434 valence electrons. The second-order valence-electron chi connectivity index (χ2n) is 20.1. The molecule has 2 atom stereocenters. The normalized spacial score (nSPS) is 17.5. The smallest absolute Gasteiger partial charge is 0.257 e. The Hall–Kier alpha value is -6.56. The molecular formula is C58H78N8O13S. The summed E-state index contributed by atoms with van der Waals surface area (Å²) in [6.07, 6.45) is 9.57. The number of carbonyl (C=O) groups is 4. The van der Waals surface area contributed by atoms with Gasteiger partial charge in [-0.25, -0.2) is 0 Å². The monoisotopic (exact) mass is 1130 g/mol. The number of likely N-dealkylation sites (N-methyl/N-ethyl adjacent to an activating group) is 1. The van der Waals surface area contributed by atoms with Crippen LogP contribution < -0.4 is 34.3 Å². The maximum Gasteiger partial charge on any atom is 0.257 e. The van der Waals surface area contributed by atoms with Crippen LogP contribution in [0.3, 0.4) is 0 Å². The summed E-state index contributed by atoms with van der Waals surface area (Å²) in [7, 11) is 6.68. The molecule has 22 heteroatoms. The Bertz CT molecular complexity index is 2620. The summed E-state index contributed by atoms with van der Waals surface area (Å²) < 4.78 is 52.4. The van der Waals surface area contributed by atoms with Crippen LogP contribution in [0.5, 0.6) is 28.7 Å². The van der Waals surface area contributed by atoms with Crippen LogP contribution in [0.1, 0.15) is 79.1 Å². The van der Waals surface area contributed by atoms with Crippen molar-refractivity contribution in [2.75, 3.05) is 126 Å². The number of methoxy groups -OCH3 is 2. The predicted octanol–water partition coefficient (Wildman–Crippen LogP) is 6.15. The number of aromatic nitrogens is 1. The van der Waals surface area contributed by atoms with Gasteiger partial charge in [0.1, 0.15) is 25.6 Å². The first-order valence-corrected chi connectivity index (χ1v) is 28.1. The van der Waals surface area contributed by atoms with Crippen molar-refractivity contribution in [1.82, 2.24) is 30.3 Å². The molecule has 2 fully saturated rings. The molecule has 21 nitrogen and oxygen atoms in total. The summed E-state index contributed by atoms with van der Waals surface area (Å²) in [6.45, 7) is 14.6. The molecule has 5 heterocycles. The lowest BCUT2D eigenvalue weighted by molar-refractivity contribution is -0.122. The summed E-state index contributed by atoms with van der Waals surface area (Å²) in [4.78, 5) is 71.7. The van der Waals surface area contributed by atoms with E-state index in [-0.39, 0.29) is 53.7 Å². The third kappa shape index (κ3) is 17.5. The van der Waals surface area contributed by atoms with E-state index in [0.29, 0.717) is 167 Å². The lowest BCUT2D eigenvalue weighted by Crippen LogP contribution is -2.38. The van der Waals surface area contributed by atoms with E-state index in [1.807, 2.05) is 55.3 Å². The molecule has 7 rings (SSSR count). The maximum absolute atomic E-state index is 13.8. The molecule has 0 unspecified atom stereocenters. The zero-order chi connectivity index (χ0) is 57.0. The summed E-state index contributed by atoms with van der Waals surface area (Å²) in [6, 6.07) is 10.2. The van der Waals surface area contributed by atoms with E-state index in [0.717, 1.165) is 12.8 Å². The molecular weight excluding hydrogens is 1050 g/mol. The zero-order valence-corrected chi connectivity index (χ0v) is 48.3. The number of pyridine rings is 1. The Balaban J connectivity index is 0.913. The fourth-order valence-electron chi connectivity index (χ4n) is 9.40. The van der Waals surface area contributed by atoms with Crippen LogP contribution in [-0.2, 0) is 41.8 Å². The van der Waals surface area contributed by atoms with E-state index in [1.54, 1.807) is 43.1 Å². The minimum atomic E-state index is -0.251. The number of hydrogen-bond acceptors (Lipinski definition) is 18. The standard InChI is InChI=1S/C58H78N8O13S/c1-9-39-23-43-31-61-48-29-52(50(71-7)27-46(48)56(69)65(43)33-39)78-35-41-25-45(26-42(63-41)36-79-53-30-49-47(28-51(53)72-8)57(70)66-34-40(10-2)24-44(66)32-62-49)77-16-13-64(6)38-58(3,4)80-37-55(68)60-12-15-74-18-20-76-22-21-75-19-17-73-14-11-54(67)59-5/h9-10,25-32,43-44H,11-24,33-38H2,1-8H3,(H,59,67)(H,60,68)/b39-9+,40-10+/t43-,44-/m0/s1. The lowest BCUT2D eigenvalue weighted by atomic mass is 10.1. The summed E-state index contributed by atoms with van der Waals surface area (Å²) in [5, 5.41) is 5.48. The van der Waals surface area contributed by atoms with Crippen LogP contribution in [0.2, 0.25) is 0 Å². The van der Waals surface area contributed by atoms with E-state index >= 15 is 0 Å². The molecule has 0 aliphatic carbocycles. The topological polar surface area (TPSA) is 223 Å². The Morgan fingerprint density at radius 3 is 1.68 bits per heavy atom. The molecule has 0 bridgehead atoms. The van der Waals surface area contributed by atoms with Gasteiger partial charge in [-0.1, -0.05) is 23.3 Å². The highest BCUT2D eigenvalue weighted by molar-refractivity contribution is 8.01. The van der Waals surface area contributed by atoms with Crippen molar-refractivity contribution in [3.8, 4) is 28.7 Å². The molecule has 4 aliphatic rings. The zero-order valence-electron chi connectivity index (χ0n) is 47.5. The van der Waals surface area contributed by atoms with Crippen LogP contribution in [0, 0.1) is 0 Å². The number of nitrogens with zero attached hydrogens (tertiary/aromatic N) is 6. The number of carbonyl (C=O) groups excluding carboxylic acids is 4. The van der Waals surface area contributed by atoms with Gasteiger partial charge in [-0.15, -0.1) is 11.8 Å². The van der Waals surface area contributed by atoms with Gasteiger partial charge < -0.3 is 68.0 Å². The van der Waals surface area contributed by atoms with Crippen molar-refractivity contribution in [2.24, 2.45) is 9.98 Å². The predicted molar refractivity (Wildman–Crippen MR) is 306 cm³/mol. The third-order valence-electron chi connectivity index (χ3n) is 13.7. The molecule has 0 saturated carbocycles. The summed E-state index contributed by atoms with van der Waals surface area (Å²) in [5.74, 6) is 2.04. The molecule has 4 amide bonds. The van der Waals surface area contributed by atoms with Gasteiger partial charge in [0.25, 0.3) is 11.8 Å². The van der Waals surface area contributed by atoms with Crippen LogP contribution in [-0.4, -0.2) is 199 Å². The van der Waals surface area contributed by atoms with Crippen LogP contribution in [0.15, 0.2) is 69.7 Å². The number of allylic oxidation sites excluding steroid dienone is 2. The molecule has 2 saturated heterocycles. The highest BCUT2D eigenvalue weighted by Gasteiger charge is 2.36. The largest absolute Gasteiger partial charge is 0.493 e. The van der Waals surface area contributed by atoms with E-state index in [1.165, 1.54) is 25.4 Å².